The Hall–Kier alpha value is -2.08. The number of rotatable bonds is 4. The van der Waals surface area contributed by atoms with Crippen molar-refractivity contribution in [2.45, 2.75) is 46.1 Å². The van der Waals surface area contributed by atoms with Gasteiger partial charge in [-0.15, -0.1) is 10.2 Å². The zero-order chi connectivity index (χ0) is 18.2. The Morgan fingerprint density at radius 2 is 2.04 bits per heavy atom. The van der Waals surface area contributed by atoms with E-state index in [9.17, 15) is 9.90 Å². The fraction of sp³-hybridized carbons (Fsp3) is 0.500. The van der Waals surface area contributed by atoms with Gasteiger partial charge in [-0.3, -0.25) is 9.36 Å². The minimum absolute atomic E-state index is 0.115. The minimum Gasteiger partial charge on any atom is -0.481 e. The number of piperidine rings is 1. The summed E-state index contributed by atoms with van der Waals surface area (Å²) < 4.78 is 2.00. The van der Waals surface area contributed by atoms with Gasteiger partial charge >= 0.3 is 5.97 Å². The predicted octanol–water partition coefficient (Wildman–Crippen LogP) is 3.70. The molecule has 1 aromatic carbocycles. The van der Waals surface area contributed by atoms with E-state index in [2.05, 4.69) is 22.0 Å². The fourth-order valence-corrected chi connectivity index (χ4v) is 3.66. The molecule has 1 aliphatic rings. The summed E-state index contributed by atoms with van der Waals surface area (Å²) in [5.74, 6) is 0.832. The highest BCUT2D eigenvalue weighted by Gasteiger charge is 2.42. The number of benzene rings is 1. The average Bonchev–Trinajstić information content (AvgIpc) is 2.97. The molecule has 134 valence electrons. The first kappa shape index (κ1) is 17.7. The van der Waals surface area contributed by atoms with Crippen LogP contribution in [-0.4, -0.2) is 38.4 Å². The molecule has 1 saturated heterocycles. The third-order valence-electron chi connectivity index (χ3n) is 5.17. The number of aryl methyl sites for hydroxylation is 1. The third kappa shape index (κ3) is 3.23. The molecule has 0 aliphatic carbocycles. The smallest absolute Gasteiger partial charge is 0.309 e. The molecule has 0 bridgehead atoms. The summed E-state index contributed by atoms with van der Waals surface area (Å²) in [4.78, 5) is 13.8. The van der Waals surface area contributed by atoms with E-state index in [1.54, 1.807) is 0 Å². The zero-order valence-electron chi connectivity index (χ0n) is 14.7. The van der Waals surface area contributed by atoms with Crippen LogP contribution in [-0.2, 0) is 4.79 Å². The number of nitrogens with zero attached hydrogens (tertiary/aromatic N) is 4. The topological polar surface area (TPSA) is 71.2 Å². The van der Waals surface area contributed by atoms with Crippen LogP contribution in [0.25, 0.3) is 5.69 Å². The summed E-state index contributed by atoms with van der Waals surface area (Å²) in [6.07, 6.45) is 2.05. The first-order chi connectivity index (χ1) is 11.9. The average molecular weight is 363 g/mol. The molecule has 3 rings (SSSR count). The molecule has 1 aliphatic heterocycles. The second-order valence-corrected chi connectivity index (χ2v) is 7.37. The minimum atomic E-state index is -0.721. The number of carbonyl (C=O) groups is 1. The summed E-state index contributed by atoms with van der Waals surface area (Å²) in [5.41, 5.74) is 0.264. The number of carboxylic acid groups (broad SMARTS) is 1. The molecule has 1 N–H and O–H groups in total. The molecule has 7 heteroatoms. The van der Waals surface area contributed by atoms with Crippen molar-refractivity contribution in [3.8, 4) is 5.69 Å². The normalized spacial score (nSPS) is 23.7. The van der Waals surface area contributed by atoms with Crippen molar-refractivity contribution in [2.75, 3.05) is 11.4 Å². The summed E-state index contributed by atoms with van der Waals surface area (Å²) in [6.45, 7) is 6.48. The highest BCUT2D eigenvalue weighted by molar-refractivity contribution is 6.30. The molecule has 0 radical (unpaired) electrons. The van der Waals surface area contributed by atoms with Crippen LogP contribution in [0.15, 0.2) is 24.3 Å². The molecule has 0 saturated carbocycles. The van der Waals surface area contributed by atoms with E-state index < -0.39 is 11.4 Å². The van der Waals surface area contributed by atoms with Crippen molar-refractivity contribution < 1.29 is 9.90 Å². The maximum absolute atomic E-state index is 11.6. The van der Waals surface area contributed by atoms with Crippen LogP contribution in [0.1, 0.15) is 38.9 Å². The molecular formula is C18H23ClN4O2. The Labute approximate surface area is 152 Å². The number of carboxylic acids is 1. The second kappa shape index (κ2) is 6.67. The maximum atomic E-state index is 11.6. The quantitative estimate of drug-likeness (QED) is 0.897. The number of anilines is 1. The number of hydrogen-bond donors (Lipinski definition) is 1. The molecule has 0 spiro atoms. The molecular weight excluding hydrogens is 340 g/mol. The van der Waals surface area contributed by atoms with Gasteiger partial charge in [-0.05, 0) is 57.4 Å². The Bertz CT molecular complexity index is 774. The predicted molar refractivity (Wildman–Crippen MR) is 97.5 cm³/mol. The highest BCUT2D eigenvalue weighted by Crippen LogP contribution is 2.38. The summed E-state index contributed by atoms with van der Waals surface area (Å²) in [5, 5.41) is 18.9. The lowest BCUT2D eigenvalue weighted by Crippen LogP contribution is -2.49. The van der Waals surface area contributed by atoms with E-state index >= 15 is 0 Å². The monoisotopic (exact) mass is 362 g/mol. The van der Waals surface area contributed by atoms with Crippen LogP contribution < -0.4 is 4.90 Å². The standard InChI is InChI=1S/C18H23ClN4O2/c1-4-14-11-18(3,16(24)25)9-10-22(14)17-21-20-12(2)23(17)15-7-5-13(19)6-8-15/h5-8,14H,4,9-11H2,1-3H3,(H,24,25). The number of halogens is 1. The lowest BCUT2D eigenvalue weighted by molar-refractivity contribution is -0.149. The largest absolute Gasteiger partial charge is 0.481 e. The van der Waals surface area contributed by atoms with Crippen LogP contribution in [0.2, 0.25) is 5.02 Å². The molecule has 2 unspecified atom stereocenters. The molecule has 1 fully saturated rings. The second-order valence-electron chi connectivity index (χ2n) is 6.93. The van der Waals surface area contributed by atoms with Crippen LogP contribution in [0.4, 0.5) is 5.95 Å². The first-order valence-corrected chi connectivity index (χ1v) is 8.91. The van der Waals surface area contributed by atoms with Gasteiger partial charge in [0, 0.05) is 17.6 Å². The van der Waals surface area contributed by atoms with E-state index in [4.69, 9.17) is 11.6 Å². The summed E-state index contributed by atoms with van der Waals surface area (Å²) in [7, 11) is 0. The zero-order valence-corrected chi connectivity index (χ0v) is 15.5. The third-order valence-corrected chi connectivity index (χ3v) is 5.42. The molecule has 6 nitrogen and oxygen atoms in total. The molecule has 25 heavy (non-hydrogen) atoms. The van der Waals surface area contributed by atoms with Gasteiger partial charge < -0.3 is 10.0 Å². The maximum Gasteiger partial charge on any atom is 0.309 e. The van der Waals surface area contributed by atoms with Crippen molar-refractivity contribution in [3.63, 3.8) is 0 Å². The van der Waals surface area contributed by atoms with Gasteiger partial charge in [0.15, 0.2) is 0 Å². The van der Waals surface area contributed by atoms with Gasteiger partial charge in [-0.25, -0.2) is 0 Å². The van der Waals surface area contributed by atoms with Gasteiger partial charge in [0.05, 0.1) is 11.1 Å². The van der Waals surface area contributed by atoms with Crippen molar-refractivity contribution in [1.82, 2.24) is 14.8 Å². The molecule has 2 atom stereocenters. The van der Waals surface area contributed by atoms with Crippen LogP contribution >= 0.6 is 11.6 Å². The molecule has 0 amide bonds. The fourth-order valence-electron chi connectivity index (χ4n) is 3.53. The van der Waals surface area contributed by atoms with Crippen LogP contribution in [0.3, 0.4) is 0 Å². The molecule has 2 aromatic rings. The van der Waals surface area contributed by atoms with Gasteiger partial charge in [-0.2, -0.15) is 0 Å². The van der Waals surface area contributed by atoms with Crippen molar-refractivity contribution in [3.05, 3.63) is 35.1 Å². The summed E-state index contributed by atoms with van der Waals surface area (Å²) in [6, 6.07) is 7.68. The highest BCUT2D eigenvalue weighted by atomic mass is 35.5. The van der Waals surface area contributed by atoms with Gasteiger partial charge in [-0.1, -0.05) is 18.5 Å². The summed E-state index contributed by atoms with van der Waals surface area (Å²) >= 11 is 6.00. The van der Waals surface area contributed by atoms with Gasteiger partial charge in [0.2, 0.25) is 5.95 Å². The Morgan fingerprint density at radius 3 is 2.64 bits per heavy atom. The molecule has 1 aromatic heterocycles. The SMILES string of the molecule is CCC1CC(C)(C(=O)O)CCN1c1nnc(C)n1-c1ccc(Cl)cc1. The Kier molecular flexibility index (Phi) is 4.73. The van der Waals surface area contributed by atoms with Crippen molar-refractivity contribution in [1.29, 1.82) is 0 Å². The van der Waals surface area contributed by atoms with E-state index in [0.29, 0.717) is 24.4 Å². The van der Waals surface area contributed by atoms with Crippen molar-refractivity contribution in [2.24, 2.45) is 5.41 Å². The number of hydrogen-bond acceptors (Lipinski definition) is 4. The van der Waals surface area contributed by atoms with Crippen molar-refractivity contribution >= 4 is 23.5 Å². The molecule has 2 heterocycles. The lowest BCUT2D eigenvalue weighted by Gasteiger charge is -2.43. The van der Waals surface area contributed by atoms with E-state index in [-0.39, 0.29) is 6.04 Å². The van der Waals surface area contributed by atoms with E-state index in [1.165, 1.54) is 0 Å². The first-order valence-electron chi connectivity index (χ1n) is 8.53. The lowest BCUT2D eigenvalue weighted by atomic mass is 9.76. The van der Waals surface area contributed by atoms with Gasteiger partial charge in [0.1, 0.15) is 5.82 Å². The van der Waals surface area contributed by atoms with Gasteiger partial charge in [0.25, 0.3) is 0 Å². The van der Waals surface area contributed by atoms with Crippen LogP contribution in [0, 0.1) is 12.3 Å². The Balaban J connectivity index is 1.97. The van der Waals surface area contributed by atoms with E-state index in [1.807, 2.05) is 42.7 Å². The van der Waals surface area contributed by atoms with Crippen LogP contribution in [0.5, 0.6) is 0 Å². The number of aliphatic carboxylic acids is 1. The number of aromatic nitrogens is 3. The van der Waals surface area contributed by atoms with E-state index in [0.717, 1.165) is 23.9 Å². The Morgan fingerprint density at radius 1 is 1.36 bits per heavy atom.